The molecule has 0 saturated carbocycles. The number of aromatic hydroxyl groups is 1. The molecule has 0 spiro atoms. The summed E-state index contributed by atoms with van der Waals surface area (Å²) in [5.74, 6) is 0.123. The number of hydrogen-bond donors (Lipinski definition) is 3. The van der Waals surface area contributed by atoms with Crippen molar-refractivity contribution in [1.29, 1.82) is 0 Å². The minimum Gasteiger partial charge on any atom is -0.508 e. The molecule has 0 aromatic heterocycles. The summed E-state index contributed by atoms with van der Waals surface area (Å²) in [6.07, 6.45) is 3.09. The van der Waals surface area contributed by atoms with Crippen molar-refractivity contribution in [2.24, 2.45) is 5.73 Å². The quantitative estimate of drug-likeness (QED) is 0.560. The van der Waals surface area contributed by atoms with Crippen LogP contribution < -0.4 is 11.1 Å². The van der Waals surface area contributed by atoms with Gasteiger partial charge in [0.15, 0.2) is 0 Å². The standard InChI is InChI=1S/C23H29N3O3.ClH/c24-13-4-14-25-23(29)21-15-18-6-1-2-7-19(18)16-26(21)22(28)8-3-5-17-9-11-20(27)12-10-17;/h1-2,6-7,9-12,21,27H,3-5,8,13-16,24H2,(H,25,29);1H/t21-;/m0./s1. The number of benzene rings is 2. The lowest BCUT2D eigenvalue weighted by atomic mass is 9.93. The maximum atomic E-state index is 13.0. The maximum Gasteiger partial charge on any atom is 0.243 e. The molecule has 2 aromatic rings. The number of nitrogens with zero attached hydrogens (tertiary/aromatic N) is 1. The fourth-order valence-electron chi connectivity index (χ4n) is 3.70. The van der Waals surface area contributed by atoms with Crippen LogP contribution in [0.5, 0.6) is 5.75 Å². The number of carbonyl (C=O) groups is 2. The lowest BCUT2D eigenvalue weighted by molar-refractivity contribution is -0.141. The third-order valence-corrected chi connectivity index (χ3v) is 5.34. The summed E-state index contributed by atoms with van der Waals surface area (Å²) in [5.41, 5.74) is 8.82. The number of hydrogen-bond acceptors (Lipinski definition) is 4. The van der Waals surface area contributed by atoms with Crippen LogP contribution in [-0.2, 0) is 29.0 Å². The van der Waals surface area contributed by atoms with Crippen molar-refractivity contribution in [2.75, 3.05) is 13.1 Å². The average molecular weight is 432 g/mol. The third-order valence-electron chi connectivity index (χ3n) is 5.34. The van der Waals surface area contributed by atoms with E-state index in [1.807, 2.05) is 36.4 Å². The second kappa shape index (κ2) is 11.6. The molecule has 1 heterocycles. The third kappa shape index (κ3) is 6.21. The fourth-order valence-corrected chi connectivity index (χ4v) is 3.70. The molecule has 7 heteroatoms. The van der Waals surface area contributed by atoms with Crippen LogP contribution in [0.1, 0.15) is 36.0 Å². The van der Waals surface area contributed by atoms with E-state index in [-0.39, 0.29) is 30.0 Å². The zero-order valence-corrected chi connectivity index (χ0v) is 17.9. The number of carbonyl (C=O) groups excluding carboxylic acids is 2. The van der Waals surface area contributed by atoms with Crippen molar-refractivity contribution in [3.8, 4) is 5.75 Å². The maximum absolute atomic E-state index is 13.0. The monoisotopic (exact) mass is 431 g/mol. The van der Waals surface area contributed by atoms with Crippen LogP contribution >= 0.6 is 12.4 Å². The Morgan fingerprint density at radius 1 is 1.07 bits per heavy atom. The van der Waals surface area contributed by atoms with Gasteiger partial charge >= 0.3 is 0 Å². The lowest BCUT2D eigenvalue weighted by Gasteiger charge is -2.36. The number of nitrogens with one attached hydrogen (secondary N) is 1. The number of nitrogens with two attached hydrogens (primary N) is 1. The zero-order chi connectivity index (χ0) is 20.6. The molecule has 2 aromatic carbocycles. The van der Waals surface area contributed by atoms with Gasteiger partial charge in [-0.05, 0) is 54.6 Å². The van der Waals surface area contributed by atoms with E-state index < -0.39 is 6.04 Å². The van der Waals surface area contributed by atoms with Crippen molar-refractivity contribution < 1.29 is 14.7 Å². The number of amides is 2. The minimum atomic E-state index is -0.483. The average Bonchev–Trinajstić information content (AvgIpc) is 2.74. The van der Waals surface area contributed by atoms with Crippen molar-refractivity contribution in [3.63, 3.8) is 0 Å². The van der Waals surface area contributed by atoms with Crippen LogP contribution in [0.15, 0.2) is 48.5 Å². The van der Waals surface area contributed by atoms with Crippen LogP contribution in [-0.4, -0.2) is 41.0 Å². The summed E-state index contributed by atoms with van der Waals surface area (Å²) in [6.45, 7) is 1.51. The van der Waals surface area contributed by atoms with E-state index in [4.69, 9.17) is 5.73 Å². The van der Waals surface area contributed by atoms with Crippen LogP contribution in [0, 0.1) is 0 Å². The van der Waals surface area contributed by atoms with E-state index in [9.17, 15) is 14.7 Å². The molecule has 1 aliphatic rings. The van der Waals surface area contributed by atoms with Gasteiger partial charge in [0.1, 0.15) is 11.8 Å². The summed E-state index contributed by atoms with van der Waals surface area (Å²) >= 11 is 0. The number of phenolic OH excluding ortho intramolecular Hbond substituents is 1. The molecule has 162 valence electrons. The van der Waals surface area contributed by atoms with Gasteiger partial charge in [0.2, 0.25) is 11.8 Å². The molecule has 0 saturated heterocycles. The molecule has 4 N–H and O–H groups in total. The Balaban J connectivity index is 0.00000320. The lowest BCUT2D eigenvalue weighted by Crippen LogP contribution is -2.52. The first-order valence-electron chi connectivity index (χ1n) is 10.2. The van der Waals surface area contributed by atoms with E-state index in [0.717, 1.165) is 29.5 Å². The summed E-state index contributed by atoms with van der Waals surface area (Å²) < 4.78 is 0. The molecule has 6 nitrogen and oxygen atoms in total. The molecule has 1 atom stereocenters. The Kier molecular flexibility index (Phi) is 9.15. The number of aryl methyl sites for hydroxylation is 1. The molecule has 0 unspecified atom stereocenters. The van der Waals surface area contributed by atoms with Gasteiger partial charge in [-0.3, -0.25) is 9.59 Å². The highest BCUT2D eigenvalue weighted by molar-refractivity contribution is 5.88. The van der Waals surface area contributed by atoms with Crippen molar-refractivity contribution >= 4 is 24.2 Å². The highest BCUT2D eigenvalue weighted by Gasteiger charge is 2.33. The smallest absolute Gasteiger partial charge is 0.243 e. The summed E-state index contributed by atoms with van der Waals surface area (Å²) in [7, 11) is 0. The molecule has 2 amide bonds. The Bertz CT molecular complexity index is 842. The summed E-state index contributed by atoms with van der Waals surface area (Å²) in [6, 6.07) is 14.5. The highest BCUT2D eigenvalue weighted by atomic mass is 35.5. The number of halogens is 1. The van der Waals surface area contributed by atoms with E-state index >= 15 is 0 Å². The van der Waals surface area contributed by atoms with Gasteiger partial charge in [-0.15, -0.1) is 12.4 Å². The normalized spacial score (nSPS) is 15.1. The van der Waals surface area contributed by atoms with Crippen LogP contribution in [0.2, 0.25) is 0 Å². The molecule has 0 fully saturated rings. The topological polar surface area (TPSA) is 95.7 Å². The highest BCUT2D eigenvalue weighted by Crippen LogP contribution is 2.25. The largest absolute Gasteiger partial charge is 0.508 e. The van der Waals surface area contributed by atoms with Crippen LogP contribution in [0.25, 0.3) is 0 Å². The van der Waals surface area contributed by atoms with Crippen molar-refractivity contribution in [3.05, 3.63) is 65.2 Å². The van der Waals surface area contributed by atoms with E-state index in [2.05, 4.69) is 5.32 Å². The molecule has 0 aliphatic carbocycles. The molecule has 3 rings (SSSR count). The molecule has 0 radical (unpaired) electrons. The second-order valence-corrected chi connectivity index (χ2v) is 7.46. The molecule has 0 bridgehead atoms. The van der Waals surface area contributed by atoms with Gasteiger partial charge in [-0.2, -0.15) is 0 Å². The van der Waals surface area contributed by atoms with Crippen LogP contribution in [0.4, 0.5) is 0 Å². The first-order valence-corrected chi connectivity index (χ1v) is 10.2. The fraction of sp³-hybridized carbons (Fsp3) is 0.391. The first kappa shape index (κ1) is 23.7. The SMILES string of the molecule is Cl.NCCCNC(=O)[C@@H]1Cc2ccccc2CN1C(=O)CCCc1ccc(O)cc1. The number of rotatable bonds is 8. The van der Waals surface area contributed by atoms with Gasteiger partial charge in [0, 0.05) is 25.9 Å². The van der Waals surface area contributed by atoms with E-state index in [1.165, 1.54) is 0 Å². The van der Waals surface area contributed by atoms with E-state index in [1.54, 1.807) is 17.0 Å². The number of fused-ring (bicyclic) bond motifs is 1. The van der Waals surface area contributed by atoms with Gasteiger partial charge in [0.05, 0.1) is 0 Å². The Labute approximate surface area is 183 Å². The van der Waals surface area contributed by atoms with Crippen LogP contribution in [0.3, 0.4) is 0 Å². The van der Waals surface area contributed by atoms with Gasteiger partial charge in [0.25, 0.3) is 0 Å². The Morgan fingerprint density at radius 3 is 2.47 bits per heavy atom. The predicted octanol–water partition coefficient (Wildman–Crippen LogP) is 2.56. The Morgan fingerprint density at radius 2 is 1.77 bits per heavy atom. The van der Waals surface area contributed by atoms with Crippen molar-refractivity contribution in [1.82, 2.24) is 10.2 Å². The number of phenols is 1. The van der Waals surface area contributed by atoms with E-state index in [0.29, 0.717) is 38.9 Å². The van der Waals surface area contributed by atoms with Gasteiger partial charge in [-0.1, -0.05) is 36.4 Å². The predicted molar refractivity (Wildman–Crippen MR) is 119 cm³/mol. The summed E-state index contributed by atoms with van der Waals surface area (Å²) in [4.78, 5) is 27.5. The summed E-state index contributed by atoms with van der Waals surface area (Å²) in [5, 5.41) is 12.3. The van der Waals surface area contributed by atoms with Gasteiger partial charge < -0.3 is 21.1 Å². The van der Waals surface area contributed by atoms with Crippen molar-refractivity contribution in [2.45, 2.75) is 44.7 Å². The molecule has 30 heavy (non-hydrogen) atoms. The second-order valence-electron chi connectivity index (χ2n) is 7.46. The van der Waals surface area contributed by atoms with Gasteiger partial charge in [-0.25, -0.2) is 0 Å². The first-order chi connectivity index (χ1) is 14.1. The molecular weight excluding hydrogens is 402 g/mol. The molecular formula is C23H30ClN3O3. The molecule has 1 aliphatic heterocycles. The minimum absolute atomic E-state index is 0. The zero-order valence-electron chi connectivity index (χ0n) is 17.0. The Hall–Kier alpha value is -2.57.